The highest BCUT2D eigenvalue weighted by atomic mass is 35.5. The molecule has 0 aliphatic carbocycles. The van der Waals surface area contributed by atoms with Crippen molar-refractivity contribution in [3.05, 3.63) is 33.9 Å². The number of benzene rings is 1. The third kappa shape index (κ3) is 3.26. The van der Waals surface area contributed by atoms with E-state index in [0.717, 1.165) is 13.0 Å². The number of hydrogen-bond donors (Lipinski definition) is 2. The smallest absolute Gasteiger partial charge is 0.274 e. The van der Waals surface area contributed by atoms with Crippen molar-refractivity contribution in [3.63, 3.8) is 0 Å². The van der Waals surface area contributed by atoms with E-state index in [1.807, 2.05) is 6.92 Å². The van der Waals surface area contributed by atoms with Gasteiger partial charge in [-0.1, -0.05) is 6.07 Å². The molecule has 7 heteroatoms. The molecule has 1 aliphatic rings. The monoisotopic (exact) mass is 299 g/mol. The molecular formula is C13H18ClN3O3. The Morgan fingerprint density at radius 2 is 2.20 bits per heavy atom. The number of hydrogen-bond acceptors (Lipinski definition) is 4. The van der Waals surface area contributed by atoms with Crippen LogP contribution in [0.3, 0.4) is 0 Å². The molecule has 2 rings (SSSR count). The number of aryl methyl sites for hydroxylation is 1. The number of rotatable bonds is 3. The molecule has 0 saturated carbocycles. The van der Waals surface area contributed by atoms with Crippen LogP contribution < -0.4 is 10.6 Å². The molecule has 110 valence electrons. The summed E-state index contributed by atoms with van der Waals surface area (Å²) in [6, 6.07) is 4.73. The quantitative estimate of drug-likeness (QED) is 0.662. The van der Waals surface area contributed by atoms with Crippen LogP contribution in [-0.4, -0.2) is 23.9 Å². The van der Waals surface area contributed by atoms with Gasteiger partial charge in [-0.2, -0.15) is 0 Å². The predicted molar refractivity (Wildman–Crippen MR) is 79.3 cm³/mol. The summed E-state index contributed by atoms with van der Waals surface area (Å²) in [4.78, 5) is 22.6. The lowest BCUT2D eigenvalue weighted by Crippen LogP contribution is -2.35. The van der Waals surface area contributed by atoms with E-state index < -0.39 is 10.3 Å². The van der Waals surface area contributed by atoms with Gasteiger partial charge in [0.2, 0.25) is 5.91 Å². The Bertz CT molecular complexity index is 528. The molecule has 0 radical (unpaired) electrons. The van der Waals surface area contributed by atoms with E-state index >= 15 is 0 Å². The van der Waals surface area contributed by atoms with Crippen molar-refractivity contribution in [1.29, 1.82) is 0 Å². The van der Waals surface area contributed by atoms with Gasteiger partial charge in [-0.3, -0.25) is 14.9 Å². The minimum Gasteiger partial charge on any atom is -0.325 e. The Hall–Kier alpha value is -1.66. The van der Waals surface area contributed by atoms with E-state index in [-0.39, 0.29) is 24.0 Å². The standard InChI is InChI=1S/C13H17N3O3.ClH/c1-9-3-4-10(7-11(9)16(18)19)15-12(17)13(2)5-6-14-8-13;/h3-4,7,14H,5-6,8H2,1-2H3,(H,15,17);1H. The van der Waals surface area contributed by atoms with Crippen LogP contribution in [-0.2, 0) is 4.79 Å². The van der Waals surface area contributed by atoms with Gasteiger partial charge in [-0.25, -0.2) is 0 Å². The SMILES string of the molecule is Cc1ccc(NC(=O)C2(C)CCNC2)cc1[N+](=O)[O-].Cl. The predicted octanol–water partition coefficient (Wildman–Crippen LogP) is 2.26. The fourth-order valence-corrected chi connectivity index (χ4v) is 2.18. The second-order valence-electron chi connectivity index (χ2n) is 5.20. The molecule has 20 heavy (non-hydrogen) atoms. The Morgan fingerprint density at radius 3 is 2.75 bits per heavy atom. The molecule has 1 atom stereocenters. The van der Waals surface area contributed by atoms with Crippen LogP contribution >= 0.6 is 12.4 Å². The zero-order valence-corrected chi connectivity index (χ0v) is 12.3. The van der Waals surface area contributed by atoms with Crippen LogP contribution in [0.1, 0.15) is 18.9 Å². The summed E-state index contributed by atoms with van der Waals surface area (Å²) in [5.41, 5.74) is 0.624. The Kier molecular flexibility index (Phi) is 5.08. The van der Waals surface area contributed by atoms with Crippen LogP contribution in [0.5, 0.6) is 0 Å². The average Bonchev–Trinajstić information content (AvgIpc) is 2.79. The number of carbonyl (C=O) groups excluding carboxylic acids is 1. The van der Waals surface area contributed by atoms with Crippen LogP contribution in [0, 0.1) is 22.5 Å². The van der Waals surface area contributed by atoms with Gasteiger partial charge in [-0.05, 0) is 32.9 Å². The lowest BCUT2D eigenvalue weighted by molar-refractivity contribution is -0.385. The zero-order chi connectivity index (χ0) is 14.0. The van der Waals surface area contributed by atoms with Gasteiger partial charge in [-0.15, -0.1) is 12.4 Å². The molecule has 0 spiro atoms. The first-order valence-electron chi connectivity index (χ1n) is 6.20. The number of anilines is 1. The van der Waals surface area contributed by atoms with E-state index in [0.29, 0.717) is 17.8 Å². The third-order valence-electron chi connectivity index (χ3n) is 3.58. The highest BCUT2D eigenvalue weighted by Gasteiger charge is 2.36. The van der Waals surface area contributed by atoms with Crippen molar-refractivity contribution in [2.45, 2.75) is 20.3 Å². The van der Waals surface area contributed by atoms with E-state index in [9.17, 15) is 14.9 Å². The van der Waals surface area contributed by atoms with Gasteiger partial charge < -0.3 is 10.6 Å². The van der Waals surface area contributed by atoms with E-state index in [2.05, 4.69) is 10.6 Å². The Morgan fingerprint density at radius 1 is 1.50 bits per heavy atom. The largest absolute Gasteiger partial charge is 0.325 e. The van der Waals surface area contributed by atoms with Gasteiger partial charge >= 0.3 is 0 Å². The van der Waals surface area contributed by atoms with Crippen molar-refractivity contribution in [3.8, 4) is 0 Å². The van der Waals surface area contributed by atoms with Crippen LogP contribution in [0.15, 0.2) is 18.2 Å². The van der Waals surface area contributed by atoms with E-state index in [1.165, 1.54) is 6.07 Å². The zero-order valence-electron chi connectivity index (χ0n) is 11.4. The second kappa shape index (κ2) is 6.19. The number of nitrogens with one attached hydrogen (secondary N) is 2. The molecule has 1 saturated heterocycles. The van der Waals surface area contributed by atoms with E-state index in [1.54, 1.807) is 19.1 Å². The molecule has 1 aromatic rings. The van der Waals surface area contributed by atoms with Crippen LogP contribution in [0.4, 0.5) is 11.4 Å². The third-order valence-corrected chi connectivity index (χ3v) is 3.58. The maximum absolute atomic E-state index is 12.2. The second-order valence-corrected chi connectivity index (χ2v) is 5.20. The number of nitro benzene ring substituents is 1. The highest BCUT2D eigenvalue weighted by Crippen LogP contribution is 2.28. The summed E-state index contributed by atoms with van der Waals surface area (Å²) in [5.74, 6) is -0.101. The van der Waals surface area contributed by atoms with Crippen LogP contribution in [0.2, 0.25) is 0 Å². The molecule has 0 aromatic heterocycles. The molecule has 1 amide bonds. The first-order valence-corrected chi connectivity index (χ1v) is 6.20. The lowest BCUT2D eigenvalue weighted by Gasteiger charge is -2.21. The van der Waals surface area contributed by atoms with Gasteiger partial charge in [0.1, 0.15) is 0 Å². The lowest BCUT2D eigenvalue weighted by atomic mass is 9.88. The van der Waals surface area contributed by atoms with Gasteiger partial charge in [0.25, 0.3) is 5.69 Å². The molecule has 0 bridgehead atoms. The molecule has 1 heterocycles. The summed E-state index contributed by atoms with van der Waals surface area (Å²) in [6.07, 6.45) is 0.771. The molecular weight excluding hydrogens is 282 g/mol. The Balaban J connectivity index is 0.00000200. The maximum atomic E-state index is 12.2. The normalized spacial score (nSPS) is 21.1. The van der Waals surface area contributed by atoms with Gasteiger partial charge in [0.05, 0.1) is 10.3 Å². The van der Waals surface area contributed by atoms with Crippen molar-refractivity contribution in [2.75, 3.05) is 18.4 Å². The van der Waals surface area contributed by atoms with Crippen molar-refractivity contribution < 1.29 is 9.72 Å². The van der Waals surface area contributed by atoms with Gasteiger partial charge in [0.15, 0.2) is 0 Å². The minimum absolute atomic E-state index is 0. The maximum Gasteiger partial charge on any atom is 0.274 e. The summed E-state index contributed by atoms with van der Waals surface area (Å²) in [5, 5.41) is 16.8. The molecule has 1 unspecified atom stereocenters. The number of nitrogens with zero attached hydrogens (tertiary/aromatic N) is 1. The summed E-state index contributed by atoms with van der Waals surface area (Å²) >= 11 is 0. The number of nitro groups is 1. The highest BCUT2D eigenvalue weighted by molar-refractivity contribution is 5.95. The molecule has 6 nitrogen and oxygen atoms in total. The average molecular weight is 300 g/mol. The first-order chi connectivity index (χ1) is 8.92. The van der Waals surface area contributed by atoms with Crippen LogP contribution in [0.25, 0.3) is 0 Å². The summed E-state index contributed by atoms with van der Waals surface area (Å²) < 4.78 is 0. The summed E-state index contributed by atoms with van der Waals surface area (Å²) in [7, 11) is 0. The fraction of sp³-hybridized carbons (Fsp3) is 0.462. The molecule has 2 N–H and O–H groups in total. The van der Waals surface area contributed by atoms with Crippen molar-refractivity contribution >= 4 is 29.7 Å². The minimum atomic E-state index is -0.445. The Labute approximate surface area is 123 Å². The molecule has 1 aromatic carbocycles. The van der Waals surface area contributed by atoms with Crippen molar-refractivity contribution in [2.24, 2.45) is 5.41 Å². The number of halogens is 1. The van der Waals surface area contributed by atoms with E-state index in [4.69, 9.17) is 0 Å². The first kappa shape index (κ1) is 16.4. The molecule has 1 fully saturated rings. The van der Waals surface area contributed by atoms with Gasteiger partial charge in [0, 0.05) is 23.9 Å². The molecule has 1 aliphatic heterocycles. The topological polar surface area (TPSA) is 84.3 Å². The van der Waals surface area contributed by atoms with Crippen molar-refractivity contribution in [1.82, 2.24) is 5.32 Å². The number of carbonyl (C=O) groups is 1. The summed E-state index contributed by atoms with van der Waals surface area (Å²) in [6.45, 7) is 5.02. The number of amides is 1. The fourth-order valence-electron chi connectivity index (χ4n) is 2.18.